The van der Waals surface area contributed by atoms with Gasteiger partial charge < -0.3 is 5.73 Å². The van der Waals surface area contributed by atoms with E-state index in [0.29, 0.717) is 0 Å². The van der Waals surface area contributed by atoms with E-state index >= 15 is 0 Å². The first-order valence-corrected chi connectivity index (χ1v) is 6.75. The maximum atomic E-state index is 6.19. The van der Waals surface area contributed by atoms with Gasteiger partial charge in [-0.25, -0.2) is 4.98 Å². The second-order valence-electron chi connectivity index (χ2n) is 4.21. The van der Waals surface area contributed by atoms with Gasteiger partial charge in [0.1, 0.15) is 0 Å². The van der Waals surface area contributed by atoms with Crippen molar-refractivity contribution in [3.05, 3.63) is 58.7 Å². The fourth-order valence-electron chi connectivity index (χ4n) is 2.08. The molecule has 0 spiro atoms. The Balaban J connectivity index is 1.95. The highest BCUT2D eigenvalue weighted by Crippen LogP contribution is 2.21. The van der Waals surface area contributed by atoms with Gasteiger partial charge in [-0.2, -0.15) is 0 Å². The highest BCUT2D eigenvalue weighted by molar-refractivity contribution is 7.07. The van der Waals surface area contributed by atoms with E-state index in [1.54, 1.807) is 11.3 Å². The summed E-state index contributed by atoms with van der Waals surface area (Å²) in [5.41, 5.74) is 11.2. The molecule has 0 radical (unpaired) electrons. The molecular formula is C14H13N3S. The van der Waals surface area contributed by atoms with Crippen LogP contribution in [0.2, 0.25) is 0 Å². The van der Waals surface area contributed by atoms with E-state index in [1.165, 1.54) is 10.9 Å². The Bertz CT molecular complexity index is 644. The lowest BCUT2D eigenvalue weighted by Crippen LogP contribution is -2.13. The second-order valence-corrected chi connectivity index (χ2v) is 4.93. The van der Waals surface area contributed by atoms with Crippen LogP contribution in [-0.4, -0.2) is 9.97 Å². The first kappa shape index (κ1) is 11.3. The summed E-state index contributed by atoms with van der Waals surface area (Å²) in [5.74, 6) is 0. The van der Waals surface area contributed by atoms with Crippen LogP contribution in [0.4, 0.5) is 0 Å². The van der Waals surface area contributed by atoms with E-state index in [2.05, 4.69) is 16.0 Å². The molecule has 1 atom stereocenters. The SMILES string of the molecule is NC(Cc1ccnc2ccccc12)c1cscn1. The summed E-state index contributed by atoms with van der Waals surface area (Å²) in [6.07, 6.45) is 2.62. The van der Waals surface area contributed by atoms with Crippen LogP contribution in [0.15, 0.2) is 47.4 Å². The Hall–Kier alpha value is -1.78. The molecule has 1 aromatic carbocycles. The molecule has 0 bridgehead atoms. The molecule has 3 rings (SSSR count). The van der Waals surface area contributed by atoms with E-state index in [-0.39, 0.29) is 6.04 Å². The minimum atomic E-state index is -0.0537. The number of para-hydroxylation sites is 1. The molecule has 18 heavy (non-hydrogen) atoms. The fraction of sp³-hybridized carbons (Fsp3) is 0.143. The summed E-state index contributed by atoms with van der Waals surface area (Å²) >= 11 is 1.58. The van der Waals surface area contributed by atoms with Gasteiger partial charge in [0.2, 0.25) is 0 Å². The predicted octanol–water partition coefficient (Wildman–Crippen LogP) is 2.93. The number of thiazole rings is 1. The van der Waals surface area contributed by atoms with Crippen LogP contribution in [0, 0.1) is 0 Å². The third kappa shape index (κ3) is 2.12. The first-order valence-electron chi connectivity index (χ1n) is 5.81. The molecule has 3 nitrogen and oxygen atoms in total. The molecule has 0 fully saturated rings. The molecule has 90 valence electrons. The van der Waals surface area contributed by atoms with Crippen molar-refractivity contribution in [1.82, 2.24) is 9.97 Å². The zero-order valence-electron chi connectivity index (χ0n) is 9.78. The van der Waals surface area contributed by atoms with E-state index < -0.39 is 0 Å². The smallest absolute Gasteiger partial charge is 0.0795 e. The van der Waals surface area contributed by atoms with Gasteiger partial charge in [-0.15, -0.1) is 11.3 Å². The van der Waals surface area contributed by atoms with Crippen LogP contribution in [0.5, 0.6) is 0 Å². The molecule has 0 saturated carbocycles. The van der Waals surface area contributed by atoms with Crippen LogP contribution < -0.4 is 5.73 Å². The van der Waals surface area contributed by atoms with Gasteiger partial charge in [-0.3, -0.25) is 4.98 Å². The zero-order valence-corrected chi connectivity index (χ0v) is 10.6. The zero-order chi connectivity index (χ0) is 12.4. The maximum absolute atomic E-state index is 6.19. The van der Waals surface area contributed by atoms with E-state index in [1.807, 2.05) is 41.4 Å². The number of benzene rings is 1. The van der Waals surface area contributed by atoms with Crippen molar-refractivity contribution >= 4 is 22.2 Å². The van der Waals surface area contributed by atoms with Crippen molar-refractivity contribution in [2.45, 2.75) is 12.5 Å². The molecule has 4 heteroatoms. The number of hydrogen-bond donors (Lipinski definition) is 1. The minimum Gasteiger partial charge on any atom is -0.322 e. The average Bonchev–Trinajstić information content (AvgIpc) is 2.93. The molecular weight excluding hydrogens is 242 g/mol. The largest absolute Gasteiger partial charge is 0.322 e. The lowest BCUT2D eigenvalue weighted by molar-refractivity contribution is 0.705. The predicted molar refractivity (Wildman–Crippen MR) is 74.5 cm³/mol. The molecule has 0 aliphatic heterocycles. The van der Waals surface area contributed by atoms with E-state index in [9.17, 15) is 0 Å². The number of fused-ring (bicyclic) bond motifs is 1. The molecule has 1 unspecified atom stereocenters. The van der Waals surface area contributed by atoms with Crippen molar-refractivity contribution in [2.24, 2.45) is 5.73 Å². The monoisotopic (exact) mass is 255 g/mol. The van der Waals surface area contributed by atoms with Crippen molar-refractivity contribution < 1.29 is 0 Å². The summed E-state index contributed by atoms with van der Waals surface area (Å²) in [6, 6.07) is 10.1. The van der Waals surface area contributed by atoms with Crippen molar-refractivity contribution in [2.75, 3.05) is 0 Å². The van der Waals surface area contributed by atoms with Gasteiger partial charge in [-0.1, -0.05) is 18.2 Å². The van der Waals surface area contributed by atoms with Crippen molar-refractivity contribution in [3.63, 3.8) is 0 Å². The van der Waals surface area contributed by atoms with Crippen LogP contribution in [0.3, 0.4) is 0 Å². The molecule has 0 saturated heterocycles. The lowest BCUT2D eigenvalue weighted by Gasteiger charge is -2.11. The number of nitrogens with zero attached hydrogens (tertiary/aromatic N) is 2. The number of nitrogens with two attached hydrogens (primary N) is 1. The van der Waals surface area contributed by atoms with Crippen LogP contribution >= 0.6 is 11.3 Å². The Morgan fingerprint density at radius 1 is 1.17 bits per heavy atom. The minimum absolute atomic E-state index is 0.0537. The number of hydrogen-bond acceptors (Lipinski definition) is 4. The van der Waals surface area contributed by atoms with Gasteiger partial charge in [0.25, 0.3) is 0 Å². The Morgan fingerprint density at radius 2 is 2.06 bits per heavy atom. The standard InChI is InChI=1S/C14H13N3S/c15-12(14-8-18-9-17-14)7-10-5-6-16-13-4-2-1-3-11(10)13/h1-6,8-9,12H,7,15H2. The third-order valence-electron chi connectivity index (χ3n) is 3.01. The normalized spacial score (nSPS) is 12.7. The molecule has 2 aromatic heterocycles. The fourth-order valence-corrected chi connectivity index (χ4v) is 2.70. The van der Waals surface area contributed by atoms with Crippen LogP contribution in [0.1, 0.15) is 17.3 Å². The Morgan fingerprint density at radius 3 is 2.89 bits per heavy atom. The summed E-state index contributed by atoms with van der Waals surface area (Å²) < 4.78 is 0. The maximum Gasteiger partial charge on any atom is 0.0795 e. The number of aromatic nitrogens is 2. The number of rotatable bonds is 3. The molecule has 2 N–H and O–H groups in total. The van der Waals surface area contributed by atoms with E-state index in [4.69, 9.17) is 5.73 Å². The summed E-state index contributed by atoms with van der Waals surface area (Å²) in [6.45, 7) is 0. The first-order chi connectivity index (χ1) is 8.84. The van der Waals surface area contributed by atoms with Crippen LogP contribution in [0.25, 0.3) is 10.9 Å². The van der Waals surface area contributed by atoms with Crippen LogP contribution in [-0.2, 0) is 6.42 Å². The molecule has 0 aliphatic rings. The lowest BCUT2D eigenvalue weighted by atomic mass is 10.0. The number of pyridine rings is 1. The summed E-state index contributed by atoms with van der Waals surface area (Å²) in [7, 11) is 0. The van der Waals surface area contributed by atoms with Crippen molar-refractivity contribution in [3.8, 4) is 0 Å². The quantitative estimate of drug-likeness (QED) is 0.783. The molecule has 0 aliphatic carbocycles. The Kier molecular flexibility index (Phi) is 3.04. The third-order valence-corrected chi connectivity index (χ3v) is 3.62. The van der Waals surface area contributed by atoms with Gasteiger partial charge in [0.15, 0.2) is 0 Å². The highest BCUT2D eigenvalue weighted by Gasteiger charge is 2.11. The summed E-state index contributed by atoms with van der Waals surface area (Å²) in [5, 5.41) is 3.18. The second kappa shape index (κ2) is 4.84. The molecule has 2 heterocycles. The average molecular weight is 255 g/mol. The van der Waals surface area contributed by atoms with Gasteiger partial charge in [0.05, 0.1) is 22.8 Å². The summed E-state index contributed by atoms with van der Waals surface area (Å²) in [4.78, 5) is 8.63. The topological polar surface area (TPSA) is 51.8 Å². The Labute approximate surface area is 109 Å². The highest BCUT2D eigenvalue weighted by atomic mass is 32.1. The molecule has 3 aromatic rings. The van der Waals surface area contributed by atoms with E-state index in [0.717, 1.165) is 17.6 Å². The van der Waals surface area contributed by atoms with Gasteiger partial charge in [-0.05, 0) is 24.1 Å². The van der Waals surface area contributed by atoms with Crippen molar-refractivity contribution in [1.29, 1.82) is 0 Å². The van der Waals surface area contributed by atoms with Gasteiger partial charge >= 0.3 is 0 Å². The van der Waals surface area contributed by atoms with Gasteiger partial charge in [0, 0.05) is 17.0 Å². The molecule has 0 amide bonds.